The van der Waals surface area contributed by atoms with Crippen molar-refractivity contribution < 1.29 is 9.15 Å². The van der Waals surface area contributed by atoms with Crippen LogP contribution in [0, 0.1) is 0 Å². The summed E-state index contributed by atoms with van der Waals surface area (Å²) in [6.45, 7) is 0.871. The van der Waals surface area contributed by atoms with Crippen LogP contribution < -0.4 is 15.8 Å². The van der Waals surface area contributed by atoms with Crippen LogP contribution in [0.15, 0.2) is 94.1 Å². The van der Waals surface area contributed by atoms with Gasteiger partial charge in [0.2, 0.25) is 0 Å². The van der Waals surface area contributed by atoms with Crippen molar-refractivity contribution in [3.63, 3.8) is 0 Å². The van der Waals surface area contributed by atoms with Crippen LogP contribution >= 0.6 is 15.9 Å². The summed E-state index contributed by atoms with van der Waals surface area (Å²) < 4.78 is 12.7. The van der Waals surface area contributed by atoms with E-state index in [2.05, 4.69) is 31.2 Å². The molecule has 6 nitrogen and oxygen atoms in total. The molecule has 0 unspecified atom stereocenters. The second-order valence-corrected chi connectivity index (χ2v) is 8.41. The minimum atomic E-state index is 0.367. The van der Waals surface area contributed by atoms with Crippen LogP contribution in [-0.2, 0) is 13.2 Å². The highest BCUT2D eigenvalue weighted by Crippen LogP contribution is 2.30. The van der Waals surface area contributed by atoms with Crippen molar-refractivity contribution in [2.24, 2.45) is 5.73 Å². The van der Waals surface area contributed by atoms with Gasteiger partial charge in [-0.25, -0.2) is 9.97 Å². The van der Waals surface area contributed by atoms with Gasteiger partial charge >= 0.3 is 0 Å². The normalized spacial score (nSPS) is 11.0. The van der Waals surface area contributed by atoms with E-state index in [1.807, 2.05) is 78.9 Å². The molecule has 33 heavy (non-hydrogen) atoms. The lowest BCUT2D eigenvalue weighted by molar-refractivity contribution is 0.306. The molecule has 0 aliphatic carbocycles. The van der Waals surface area contributed by atoms with Crippen molar-refractivity contribution in [1.82, 2.24) is 9.97 Å². The third kappa shape index (κ3) is 4.89. The second-order valence-electron chi connectivity index (χ2n) is 7.49. The molecule has 0 spiro atoms. The summed E-state index contributed by atoms with van der Waals surface area (Å²) in [6, 6.07) is 25.7. The molecule has 0 aliphatic rings. The molecule has 164 valence electrons. The largest absolute Gasteiger partial charge is 0.489 e. The lowest BCUT2D eigenvalue weighted by Gasteiger charge is -2.11. The van der Waals surface area contributed by atoms with E-state index in [-0.39, 0.29) is 0 Å². The zero-order valence-electron chi connectivity index (χ0n) is 17.7. The molecule has 2 aromatic heterocycles. The first-order valence-electron chi connectivity index (χ1n) is 10.5. The van der Waals surface area contributed by atoms with Gasteiger partial charge in [-0.3, -0.25) is 0 Å². The lowest BCUT2D eigenvalue weighted by Crippen LogP contribution is -1.97. The number of fused-ring (bicyclic) bond motifs is 1. The van der Waals surface area contributed by atoms with E-state index in [0.29, 0.717) is 13.2 Å². The van der Waals surface area contributed by atoms with E-state index in [1.54, 1.807) is 6.33 Å². The summed E-state index contributed by atoms with van der Waals surface area (Å²) in [5.41, 5.74) is 9.46. The maximum Gasteiger partial charge on any atom is 0.141 e. The molecule has 0 aliphatic heterocycles. The van der Waals surface area contributed by atoms with Gasteiger partial charge in [-0.2, -0.15) is 0 Å². The maximum atomic E-state index is 5.90. The molecule has 0 saturated heterocycles. The SMILES string of the molecule is NCc1ccc(-c2ccc3ncnc(Nc4ccc(OCc5cccc(Br)c5)cc4)c3c2)o1. The summed E-state index contributed by atoms with van der Waals surface area (Å²) in [7, 11) is 0. The third-order valence-electron chi connectivity index (χ3n) is 5.19. The zero-order valence-corrected chi connectivity index (χ0v) is 19.2. The number of nitrogens with one attached hydrogen (secondary N) is 1. The Kier molecular flexibility index (Phi) is 6.06. The Morgan fingerprint density at radius 3 is 2.61 bits per heavy atom. The molecule has 0 saturated carbocycles. The van der Waals surface area contributed by atoms with Crippen LogP contribution in [0.5, 0.6) is 5.75 Å². The van der Waals surface area contributed by atoms with E-state index in [1.165, 1.54) is 0 Å². The fourth-order valence-corrected chi connectivity index (χ4v) is 3.96. The molecular weight excluding hydrogens is 480 g/mol. The average Bonchev–Trinajstić information content (AvgIpc) is 3.33. The second kappa shape index (κ2) is 9.44. The number of anilines is 2. The van der Waals surface area contributed by atoms with Gasteiger partial charge in [0.05, 0.1) is 12.1 Å². The Morgan fingerprint density at radius 2 is 1.82 bits per heavy atom. The summed E-state index contributed by atoms with van der Waals surface area (Å²) in [4.78, 5) is 8.84. The average molecular weight is 501 g/mol. The van der Waals surface area contributed by atoms with Gasteiger partial charge in [-0.1, -0.05) is 28.1 Å². The number of rotatable bonds is 7. The molecule has 0 bridgehead atoms. The smallest absolute Gasteiger partial charge is 0.141 e. The predicted molar refractivity (Wildman–Crippen MR) is 133 cm³/mol. The van der Waals surface area contributed by atoms with Crippen LogP contribution in [0.4, 0.5) is 11.5 Å². The van der Waals surface area contributed by atoms with Crippen LogP contribution in [0.25, 0.3) is 22.2 Å². The molecule has 0 fully saturated rings. The molecule has 5 rings (SSSR count). The van der Waals surface area contributed by atoms with Gasteiger partial charge in [0.25, 0.3) is 0 Å². The molecule has 3 N–H and O–H groups in total. The highest BCUT2D eigenvalue weighted by molar-refractivity contribution is 9.10. The fraction of sp³-hybridized carbons (Fsp3) is 0.0769. The van der Waals surface area contributed by atoms with Crippen LogP contribution in [0.3, 0.4) is 0 Å². The first-order chi connectivity index (χ1) is 16.2. The number of furan rings is 1. The van der Waals surface area contributed by atoms with Crippen LogP contribution in [0.1, 0.15) is 11.3 Å². The van der Waals surface area contributed by atoms with Gasteiger partial charge in [0, 0.05) is 21.1 Å². The standard InChI is InChI=1S/C26H21BrN4O2/c27-19-3-1-2-17(12-19)15-32-21-7-5-20(6-8-21)31-26-23-13-18(4-10-24(23)29-16-30-26)25-11-9-22(14-28)33-25/h1-13,16H,14-15,28H2,(H,29,30,31). The molecule has 0 radical (unpaired) electrons. The van der Waals surface area contributed by atoms with Gasteiger partial charge in [-0.15, -0.1) is 0 Å². The molecule has 0 atom stereocenters. The van der Waals surface area contributed by atoms with E-state index >= 15 is 0 Å². The monoisotopic (exact) mass is 500 g/mol. The number of hydrogen-bond acceptors (Lipinski definition) is 6. The Morgan fingerprint density at radius 1 is 0.939 bits per heavy atom. The Hall–Kier alpha value is -3.68. The summed E-state index contributed by atoms with van der Waals surface area (Å²) >= 11 is 3.48. The first-order valence-corrected chi connectivity index (χ1v) is 11.3. The Labute approximate surface area is 199 Å². The molecule has 7 heteroatoms. The minimum Gasteiger partial charge on any atom is -0.489 e. The van der Waals surface area contributed by atoms with E-state index < -0.39 is 0 Å². The lowest BCUT2D eigenvalue weighted by atomic mass is 10.1. The molecule has 0 amide bonds. The van der Waals surface area contributed by atoms with Gasteiger partial charge in [-0.05, 0) is 72.3 Å². The number of ether oxygens (including phenoxy) is 1. The summed E-state index contributed by atoms with van der Waals surface area (Å²) in [5.74, 6) is 3.02. The number of nitrogens with zero attached hydrogens (tertiary/aromatic N) is 2. The number of hydrogen-bond donors (Lipinski definition) is 2. The summed E-state index contributed by atoms with van der Waals surface area (Å²) in [5, 5.41) is 4.29. The minimum absolute atomic E-state index is 0.367. The highest BCUT2D eigenvalue weighted by atomic mass is 79.9. The Balaban J connectivity index is 1.34. The Bertz CT molecular complexity index is 1400. The fourth-order valence-electron chi connectivity index (χ4n) is 3.52. The quantitative estimate of drug-likeness (QED) is 0.267. The van der Waals surface area contributed by atoms with E-state index in [4.69, 9.17) is 14.9 Å². The van der Waals surface area contributed by atoms with Crippen molar-refractivity contribution in [3.05, 3.63) is 101 Å². The van der Waals surface area contributed by atoms with Crippen molar-refractivity contribution in [1.29, 1.82) is 0 Å². The van der Waals surface area contributed by atoms with Crippen molar-refractivity contribution in [2.75, 3.05) is 5.32 Å². The van der Waals surface area contributed by atoms with Gasteiger partial charge in [0.1, 0.15) is 36.0 Å². The zero-order chi connectivity index (χ0) is 22.6. The van der Waals surface area contributed by atoms with Crippen molar-refractivity contribution in [2.45, 2.75) is 13.2 Å². The van der Waals surface area contributed by atoms with Crippen molar-refractivity contribution in [3.8, 4) is 17.1 Å². The highest BCUT2D eigenvalue weighted by Gasteiger charge is 2.09. The predicted octanol–water partition coefficient (Wildman–Crippen LogP) is 6.43. The number of aromatic nitrogens is 2. The van der Waals surface area contributed by atoms with Crippen LogP contribution in [0.2, 0.25) is 0 Å². The van der Waals surface area contributed by atoms with Gasteiger partial charge in [0.15, 0.2) is 0 Å². The number of nitrogens with two attached hydrogens (primary N) is 1. The van der Waals surface area contributed by atoms with Crippen molar-refractivity contribution >= 4 is 38.3 Å². The topological polar surface area (TPSA) is 86.2 Å². The number of halogens is 1. The summed E-state index contributed by atoms with van der Waals surface area (Å²) in [6.07, 6.45) is 1.55. The van der Waals surface area contributed by atoms with E-state index in [9.17, 15) is 0 Å². The first kappa shape index (κ1) is 21.2. The van der Waals surface area contributed by atoms with E-state index in [0.717, 1.165) is 55.3 Å². The molecular formula is C26H21BrN4O2. The maximum absolute atomic E-state index is 5.90. The number of benzene rings is 3. The molecule has 3 aromatic carbocycles. The molecule has 5 aromatic rings. The van der Waals surface area contributed by atoms with Gasteiger partial charge < -0.3 is 20.2 Å². The third-order valence-corrected chi connectivity index (χ3v) is 5.69. The molecule has 2 heterocycles. The van der Waals surface area contributed by atoms with Crippen LogP contribution in [-0.4, -0.2) is 9.97 Å².